The van der Waals surface area contributed by atoms with Crippen LogP contribution in [0.25, 0.3) is 0 Å². The van der Waals surface area contributed by atoms with Crippen molar-refractivity contribution < 1.29 is 0 Å². The largest absolute Gasteiger partial charge is 0.393 e. The molecule has 0 saturated carbocycles. The molecule has 1 aromatic rings. The van der Waals surface area contributed by atoms with Crippen LogP contribution < -0.4 is 5.73 Å². The van der Waals surface area contributed by atoms with Crippen LogP contribution in [0.3, 0.4) is 0 Å². The van der Waals surface area contributed by atoms with Crippen LogP contribution >= 0.6 is 23.6 Å². The third-order valence-electron chi connectivity index (χ3n) is 2.30. The number of nitrogens with two attached hydrogens (primary N) is 1. The van der Waals surface area contributed by atoms with E-state index in [0.29, 0.717) is 4.99 Å². The Hall–Kier alpha value is -0.450. The first-order chi connectivity index (χ1) is 7.22. The highest BCUT2D eigenvalue weighted by molar-refractivity contribution is 7.80. The smallest absolute Gasteiger partial charge is 0.0727 e. The van der Waals surface area contributed by atoms with Gasteiger partial charge in [0.25, 0.3) is 0 Å². The van der Waals surface area contributed by atoms with Crippen LogP contribution in [0.15, 0.2) is 17.5 Å². The maximum absolute atomic E-state index is 5.47. The van der Waals surface area contributed by atoms with Gasteiger partial charge in [0.15, 0.2) is 0 Å². The van der Waals surface area contributed by atoms with Crippen molar-refractivity contribution in [1.29, 1.82) is 0 Å². The first-order valence-electron chi connectivity index (χ1n) is 5.25. The molecule has 0 amide bonds. The highest BCUT2D eigenvalue weighted by Crippen LogP contribution is 2.12. The minimum atomic E-state index is 0.627. The topological polar surface area (TPSA) is 29.3 Å². The van der Waals surface area contributed by atoms with Crippen molar-refractivity contribution in [2.24, 2.45) is 5.73 Å². The van der Waals surface area contributed by atoms with Gasteiger partial charge in [-0.15, -0.1) is 11.3 Å². The molecule has 0 aliphatic carbocycles. The van der Waals surface area contributed by atoms with Crippen LogP contribution in [0.4, 0.5) is 0 Å². The van der Waals surface area contributed by atoms with E-state index in [1.165, 1.54) is 4.88 Å². The van der Waals surface area contributed by atoms with Gasteiger partial charge < -0.3 is 5.73 Å². The summed E-state index contributed by atoms with van der Waals surface area (Å²) in [5, 5.41) is 2.12. The average Bonchev–Trinajstić information content (AvgIpc) is 2.68. The van der Waals surface area contributed by atoms with Crippen molar-refractivity contribution in [3.8, 4) is 0 Å². The van der Waals surface area contributed by atoms with Crippen molar-refractivity contribution in [2.45, 2.75) is 26.3 Å². The van der Waals surface area contributed by atoms with Crippen molar-refractivity contribution in [3.63, 3.8) is 0 Å². The van der Waals surface area contributed by atoms with E-state index < -0.39 is 0 Å². The lowest BCUT2D eigenvalue weighted by atomic mass is 10.3. The number of thiocarbonyl (C=S) groups is 1. The van der Waals surface area contributed by atoms with E-state index in [2.05, 4.69) is 29.3 Å². The van der Waals surface area contributed by atoms with E-state index in [9.17, 15) is 0 Å². The van der Waals surface area contributed by atoms with Crippen molar-refractivity contribution in [2.75, 3.05) is 13.1 Å². The molecule has 0 unspecified atom stereocenters. The predicted molar refractivity (Wildman–Crippen MR) is 71.3 cm³/mol. The molecule has 0 aliphatic heterocycles. The Balaban J connectivity index is 2.27. The predicted octanol–water partition coefficient (Wildman–Crippen LogP) is 2.64. The molecule has 2 nitrogen and oxygen atoms in total. The Morgan fingerprint density at radius 1 is 1.60 bits per heavy atom. The molecule has 4 heteroatoms. The van der Waals surface area contributed by atoms with Crippen molar-refractivity contribution in [3.05, 3.63) is 22.4 Å². The van der Waals surface area contributed by atoms with Gasteiger partial charge in [-0.2, -0.15) is 0 Å². The van der Waals surface area contributed by atoms with Gasteiger partial charge in [0.1, 0.15) is 0 Å². The van der Waals surface area contributed by atoms with Crippen molar-refractivity contribution in [1.82, 2.24) is 4.90 Å². The SMILES string of the molecule is CCN(CCCC(N)=S)Cc1cccs1. The molecule has 0 aromatic carbocycles. The summed E-state index contributed by atoms with van der Waals surface area (Å²) in [6, 6.07) is 4.28. The van der Waals surface area contributed by atoms with E-state index in [1.54, 1.807) is 0 Å². The summed E-state index contributed by atoms with van der Waals surface area (Å²) < 4.78 is 0. The van der Waals surface area contributed by atoms with E-state index >= 15 is 0 Å². The third kappa shape index (κ3) is 5.25. The Morgan fingerprint density at radius 2 is 2.40 bits per heavy atom. The number of hydrogen-bond donors (Lipinski definition) is 1. The Morgan fingerprint density at radius 3 is 2.93 bits per heavy atom. The van der Waals surface area contributed by atoms with Gasteiger partial charge in [-0.05, 0) is 37.4 Å². The van der Waals surface area contributed by atoms with Gasteiger partial charge in [-0.3, -0.25) is 4.90 Å². The molecule has 0 atom stereocenters. The lowest BCUT2D eigenvalue weighted by Crippen LogP contribution is -2.24. The number of nitrogens with zero attached hydrogens (tertiary/aromatic N) is 1. The summed E-state index contributed by atoms with van der Waals surface area (Å²) in [5.74, 6) is 0. The molecule has 1 rings (SSSR count). The Labute approximate surface area is 101 Å². The highest BCUT2D eigenvalue weighted by atomic mass is 32.1. The second-order valence-electron chi connectivity index (χ2n) is 3.52. The summed E-state index contributed by atoms with van der Waals surface area (Å²) in [7, 11) is 0. The average molecular weight is 242 g/mol. The molecule has 84 valence electrons. The van der Waals surface area contributed by atoms with Gasteiger partial charge in [0.05, 0.1) is 4.99 Å². The number of thiophene rings is 1. The van der Waals surface area contributed by atoms with Gasteiger partial charge >= 0.3 is 0 Å². The molecule has 0 fully saturated rings. The van der Waals surface area contributed by atoms with Crippen LogP contribution in [-0.2, 0) is 6.54 Å². The van der Waals surface area contributed by atoms with Crippen LogP contribution in [-0.4, -0.2) is 23.0 Å². The molecule has 2 N–H and O–H groups in total. The van der Waals surface area contributed by atoms with E-state index in [-0.39, 0.29) is 0 Å². The zero-order valence-corrected chi connectivity index (χ0v) is 10.7. The van der Waals surface area contributed by atoms with E-state index in [0.717, 1.165) is 32.5 Å². The summed E-state index contributed by atoms with van der Waals surface area (Å²) in [5.41, 5.74) is 5.47. The maximum atomic E-state index is 5.47. The first kappa shape index (κ1) is 12.6. The lowest BCUT2D eigenvalue weighted by molar-refractivity contribution is 0.280. The number of rotatable bonds is 7. The zero-order valence-electron chi connectivity index (χ0n) is 9.11. The fraction of sp³-hybridized carbons (Fsp3) is 0.545. The summed E-state index contributed by atoms with van der Waals surface area (Å²) in [6.07, 6.45) is 1.92. The van der Waals surface area contributed by atoms with Gasteiger partial charge in [0.2, 0.25) is 0 Å². The molecule has 0 saturated heterocycles. The monoisotopic (exact) mass is 242 g/mol. The van der Waals surface area contributed by atoms with Crippen LogP contribution in [0.1, 0.15) is 24.6 Å². The normalized spacial score (nSPS) is 10.8. The minimum absolute atomic E-state index is 0.627. The second kappa shape index (κ2) is 6.93. The molecule has 1 aromatic heterocycles. The molecular formula is C11H18N2S2. The number of hydrogen-bond acceptors (Lipinski definition) is 3. The summed E-state index contributed by atoms with van der Waals surface area (Å²) in [6.45, 7) is 5.39. The molecule has 0 spiro atoms. The van der Waals surface area contributed by atoms with Gasteiger partial charge in [-0.1, -0.05) is 25.2 Å². The lowest BCUT2D eigenvalue weighted by Gasteiger charge is -2.19. The zero-order chi connectivity index (χ0) is 11.1. The second-order valence-corrected chi connectivity index (χ2v) is 5.07. The van der Waals surface area contributed by atoms with E-state index in [4.69, 9.17) is 18.0 Å². The third-order valence-corrected chi connectivity index (χ3v) is 3.37. The summed E-state index contributed by atoms with van der Waals surface area (Å²) >= 11 is 6.68. The molecule has 0 radical (unpaired) electrons. The maximum Gasteiger partial charge on any atom is 0.0727 e. The first-order valence-corrected chi connectivity index (χ1v) is 6.54. The molecular weight excluding hydrogens is 224 g/mol. The van der Waals surface area contributed by atoms with E-state index in [1.807, 2.05) is 11.3 Å². The molecule has 0 bridgehead atoms. The Kier molecular flexibility index (Phi) is 5.83. The fourth-order valence-corrected chi connectivity index (χ4v) is 2.34. The standard InChI is InChI=1S/C11H18N2S2/c1-2-13(7-3-6-11(12)14)9-10-5-4-8-15-10/h4-5,8H,2-3,6-7,9H2,1H3,(H2,12,14). The van der Waals surface area contributed by atoms with Gasteiger partial charge in [-0.25, -0.2) is 0 Å². The molecule has 1 heterocycles. The minimum Gasteiger partial charge on any atom is -0.393 e. The summed E-state index contributed by atoms with van der Waals surface area (Å²) in [4.78, 5) is 4.47. The van der Waals surface area contributed by atoms with Crippen molar-refractivity contribution >= 4 is 28.5 Å². The quantitative estimate of drug-likeness (QED) is 0.745. The van der Waals surface area contributed by atoms with Crippen LogP contribution in [0, 0.1) is 0 Å². The van der Waals surface area contributed by atoms with Gasteiger partial charge in [0, 0.05) is 11.4 Å². The van der Waals surface area contributed by atoms with Crippen LogP contribution in [0.2, 0.25) is 0 Å². The molecule has 15 heavy (non-hydrogen) atoms. The molecule has 0 aliphatic rings. The highest BCUT2D eigenvalue weighted by Gasteiger charge is 2.04. The Bertz CT molecular complexity index is 283. The fourth-order valence-electron chi connectivity index (χ4n) is 1.45. The van der Waals surface area contributed by atoms with Crippen LogP contribution in [0.5, 0.6) is 0 Å².